The summed E-state index contributed by atoms with van der Waals surface area (Å²) in [5.74, 6) is 0.245. The molecule has 1 aliphatic rings. The van der Waals surface area contributed by atoms with E-state index in [9.17, 15) is 22.8 Å². The fourth-order valence-corrected chi connectivity index (χ4v) is 2.67. The second kappa shape index (κ2) is 6.59. The van der Waals surface area contributed by atoms with Crippen LogP contribution in [0.25, 0.3) is 0 Å². The Balaban J connectivity index is 1.80. The van der Waals surface area contributed by atoms with Crippen LogP contribution in [-0.2, 0) is 6.18 Å². The third kappa shape index (κ3) is 3.79. The SMILES string of the molecule is C[C@H](c1ccc(C(F)(F)F)cc1)N(C)C(=O)c1cc(=O)[nH]c(C2CC2)n1. The molecule has 26 heavy (non-hydrogen) atoms. The average molecular weight is 365 g/mol. The molecule has 138 valence electrons. The molecule has 0 saturated heterocycles. The van der Waals surface area contributed by atoms with Crippen LogP contribution in [0, 0.1) is 0 Å². The molecule has 1 aromatic carbocycles. The molecule has 8 heteroatoms. The van der Waals surface area contributed by atoms with Crippen LogP contribution in [0.4, 0.5) is 13.2 Å². The molecule has 5 nitrogen and oxygen atoms in total. The van der Waals surface area contributed by atoms with E-state index in [0.717, 1.165) is 31.0 Å². The van der Waals surface area contributed by atoms with Gasteiger partial charge >= 0.3 is 6.18 Å². The monoisotopic (exact) mass is 365 g/mol. The predicted molar refractivity (Wildman–Crippen MR) is 88.8 cm³/mol. The molecule has 1 aromatic heterocycles. The lowest BCUT2D eigenvalue weighted by Crippen LogP contribution is -2.31. The maximum Gasteiger partial charge on any atom is 0.416 e. The summed E-state index contributed by atoms with van der Waals surface area (Å²) in [5.41, 5.74) is -0.536. The Morgan fingerprint density at radius 1 is 1.27 bits per heavy atom. The molecule has 1 atom stereocenters. The van der Waals surface area contributed by atoms with E-state index >= 15 is 0 Å². The first-order valence-electron chi connectivity index (χ1n) is 8.22. The van der Waals surface area contributed by atoms with Crippen LogP contribution in [0.2, 0.25) is 0 Å². The van der Waals surface area contributed by atoms with E-state index in [1.807, 2.05) is 0 Å². The summed E-state index contributed by atoms with van der Waals surface area (Å²) in [6.07, 6.45) is -2.55. The van der Waals surface area contributed by atoms with Gasteiger partial charge in [-0.3, -0.25) is 9.59 Å². The van der Waals surface area contributed by atoms with Crippen LogP contribution < -0.4 is 5.56 Å². The van der Waals surface area contributed by atoms with E-state index in [2.05, 4.69) is 9.97 Å². The van der Waals surface area contributed by atoms with Crippen molar-refractivity contribution < 1.29 is 18.0 Å². The number of aromatic amines is 1. The van der Waals surface area contributed by atoms with Crippen molar-refractivity contribution in [2.45, 2.75) is 37.9 Å². The maximum atomic E-state index is 12.7. The van der Waals surface area contributed by atoms with Crippen molar-refractivity contribution in [3.63, 3.8) is 0 Å². The van der Waals surface area contributed by atoms with Crippen LogP contribution in [0.3, 0.4) is 0 Å². The minimum absolute atomic E-state index is 0.0388. The summed E-state index contributed by atoms with van der Waals surface area (Å²) < 4.78 is 38.0. The highest BCUT2D eigenvalue weighted by Crippen LogP contribution is 2.37. The third-order valence-corrected chi connectivity index (χ3v) is 4.56. The molecule has 1 amide bonds. The quantitative estimate of drug-likeness (QED) is 0.902. The van der Waals surface area contributed by atoms with Gasteiger partial charge in [0, 0.05) is 19.0 Å². The Morgan fingerprint density at radius 2 is 1.88 bits per heavy atom. The fourth-order valence-electron chi connectivity index (χ4n) is 2.67. The smallest absolute Gasteiger partial charge is 0.334 e. The van der Waals surface area contributed by atoms with Gasteiger partial charge in [0.25, 0.3) is 11.5 Å². The van der Waals surface area contributed by atoms with Gasteiger partial charge in [0.15, 0.2) is 0 Å². The molecule has 1 saturated carbocycles. The van der Waals surface area contributed by atoms with E-state index in [1.54, 1.807) is 6.92 Å². The molecular formula is C18H18F3N3O2. The largest absolute Gasteiger partial charge is 0.416 e. The minimum atomic E-state index is -4.41. The summed E-state index contributed by atoms with van der Waals surface area (Å²) >= 11 is 0. The molecule has 1 heterocycles. The number of H-pyrrole nitrogens is 1. The van der Waals surface area contributed by atoms with Gasteiger partial charge in [0.1, 0.15) is 11.5 Å². The molecule has 0 spiro atoms. The summed E-state index contributed by atoms with van der Waals surface area (Å²) in [5, 5.41) is 0. The molecule has 0 radical (unpaired) electrons. The Bertz CT molecular complexity index is 870. The highest BCUT2D eigenvalue weighted by atomic mass is 19.4. The zero-order valence-corrected chi connectivity index (χ0v) is 14.3. The number of aromatic nitrogens is 2. The zero-order chi connectivity index (χ0) is 19.1. The molecule has 0 unspecified atom stereocenters. The third-order valence-electron chi connectivity index (χ3n) is 4.56. The van der Waals surface area contributed by atoms with Crippen molar-refractivity contribution in [3.8, 4) is 0 Å². The number of carbonyl (C=O) groups is 1. The second-order valence-electron chi connectivity index (χ2n) is 6.50. The average Bonchev–Trinajstić information content (AvgIpc) is 3.43. The summed E-state index contributed by atoms with van der Waals surface area (Å²) in [7, 11) is 1.53. The number of halogens is 3. The molecule has 0 aliphatic heterocycles. The Morgan fingerprint density at radius 3 is 2.42 bits per heavy atom. The summed E-state index contributed by atoms with van der Waals surface area (Å²) in [6, 6.07) is 5.33. The Labute approximate surface area is 147 Å². The number of nitrogens with zero attached hydrogens (tertiary/aromatic N) is 2. The van der Waals surface area contributed by atoms with Gasteiger partial charge in [0.05, 0.1) is 11.6 Å². The first-order valence-corrected chi connectivity index (χ1v) is 8.22. The molecule has 1 N–H and O–H groups in total. The van der Waals surface area contributed by atoms with E-state index in [-0.39, 0.29) is 17.2 Å². The van der Waals surface area contributed by atoms with Crippen molar-refractivity contribution in [1.82, 2.24) is 14.9 Å². The molecule has 2 aromatic rings. The molecule has 1 aliphatic carbocycles. The maximum absolute atomic E-state index is 12.7. The van der Waals surface area contributed by atoms with E-state index < -0.39 is 23.7 Å². The zero-order valence-electron chi connectivity index (χ0n) is 14.3. The van der Waals surface area contributed by atoms with E-state index in [1.165, 1.54) is 24.1 Å². The Kier molecular flexibility index (Phi) is 4.60. The minimum Gasteiger partial charge on any atom is -0.334 e. The van der Waals surface area contributed by atoms with Gasteiger partial charge in [-0.15, -0.1) is 0 Å². The first kappa shape index (κ1) is 18.2. The van der Waals surface area contributed by atoms with Crippen molar-refractivity contribution >= 4 is 5.91 Å². The number of hydrogen-bond donors (Lipinski definition) is 1. The van der Waals surface area contributed by atoms with Crippen molar-refractivity contribution in [2.24, 2.45) is 0 Å². The van der Waals surface area contributed by atoms with E-state index in [0.29, 0.717) is 11.4 Å². The number of benzene rings is 1. The normalized spacial score (nSPS) is 15.6. The lowest BCUT2D eigenvalue weighted by Gasteiger charge is -2.25. The fraction of sp³-hybridized carbons (Fsp3) is 0.389. The van der Waals surface area contributed by atoms with Crippen molar-refractivity contribution in [1.29, 1.82) is 0 Å². The summed E-state index contributed by atoms with van der Waals surface area (Å²) in [6.45, 7) is 1.70. The van der Waals surface area contributed by atoms with Crippen molar-refractivity contribution in [2.75, 3.05) is 7.05 Å². The number of nitrogens with one attached hydrogen (secondary N) is 1. The lowest BCUT2D eigenvalue weighted by atomic mass is 10.0. The molecular weight excluding hydrogens is 347 g/mol. The lowest BCUT2D eigenvalue weighted by molar-refractivity contribution is -0.137. The second-order valence-corrected chi connectivity index (χ2v) is 6.50. The van der Waals surface area contributed by atoms with Crippen LogP contribution in [0.15, 0.2) is 35.1 Å². The van der Waals surface area contributed by atoms with Gasteiger partial charge < -0.3 is 9.88 Å². The highest BCUT2D eigenvalue weighted by molar-refractivity contribution is 5.92. The number of alkyl halides is 3. The topological polar surface area (TPSA) is 66.1 Å². The predicted octanol–water partition coefficient (Wildman–Crippen LogP) is 3.50. The van der Waals surface area contributed by atoms with Crippen LogP contribution in [-0.4, -0.2) is 27.8 Å². The number of hydrogen-bond acceptors (Lipinski definition) is 3. The first-order chi connectivity index (χ1) is 12.2. The standard InChI is InChI=1S/C18H18F3N3O2/c1-10(11-5-7-13(8-6-11)18(19,20)21)24(2)17(26)14-9-15(25)23-16(22-14)12-3-4-12/h5-10,12H,3-4H2,1-2H3,(H,22,23,25)/t10-/m1/s1. The Hall–Kier alpha value is -2.64. The van der Waals surface area contributed by atoms with Crippen molar-refractivity contribution in [3.05, 3.63) is 63.3 Å². The van der Waals surface area contributed by atoms with Gasteiger partial charge in [-0.05, 0) is 37.5 Å². The van der Waals surface area contributed by atoms with Gasteiger partial charge in [-0.1, -0.05) is 12.1 Å². The van der Waals surface area contributed by atoms with E-state index in [4.69, 9.17) is 0 Å². The van der Waals surface area contributed by atoms with Crippen LogP contribution >= 0.6 is 0 Å². The number of amides is 1. The highest BCUT2D eigenvalue weighted by Gasteiger charge is 2.31. The summed E-state index contributed by atoms with van der Waals surface area (Å²) in [4.78, 5) is 32.7. The molecule has 0 bridgehead atoms. The van der Waals surface area contributed by atoms with Gasteiger partial charge in [-0.25, -0.2) is 4.98 Å². The van der Waals surface area contributed by atoms with Crippen LogP contribution in [0.5, 0.6) is 0 Å². The number of carbonyl (C=O) groups excluding carboxylic acids is 1. The number of rotatable bonds is 4. The van der Waals surface area contributed by atoms with Crippen LogP contribution in [0.1, 0.15) is 59.2 Å². The molecule has 3 rings (SSSR count). The van der Waals surface area contributed by atoms with Gasteiger partial charge in [-0.2, -0.15) is 13.2 Å². The molecule has 1 fully saturated rings. The van der Waals surface area contributed by atoms with Gasteiger partial charge in [0.2, 0.25) is 0 Å².